The van der Waals surface area contributed by atoms with Crippen LogP contribution < -0.4 is 14.8 Å². The largest absolute Gasteiger partial charge is 0.497 e. The van der Waals surface area contributed by atoms with E-state index in [-0.39, 0.29) is 5.56 Å². The Morgan fingerprint density at radius 3 is 2.12 bits per heavy atom. The summed E-state index contributed by atoms with van der Waals surface area (Å²) < 4.78 is 18.1. The number of benzene rings is 4. The number of nitrogens with zero attached hydrogens (tertiary/aromatic N) is 2. The van der Waals surface area contributed by atoms with E-state index < -0.39 is 18.0 Å². The summed E-state index contributed by atoms with van der Waals surface area (Å²) in [6.07, 6.45) is 0.392. The Labute approximate surface area is 231 Å². The van der Waals surface area contributed by atoms with Gasteiger partial charge < -0.3 is 19.5 Å². The second kappa shape index (κ2) is 12.0. The number of rotatable bonds is 9. The zero-order valence-electron chi connectivity index (χ0n) is 22.0. The van der Waals surface area contributed by atoms with Crippen LogP contribution in [0.15, 0.2) is 115 Å². The van der Waals surface area contributed by atoms with Gasteiger partial charge >= 0.3 is 5.97 Å². The molecule has 40 heavy (non-hydrogen) atoms. The van der Waals surface area contributed by atoms with Crippen molar-refractivity contribution >= 4 is 17.6 Å². The maximum Gasteiger partial charge on any atom is 0.343 e. The van der Waals surface area contributed by atoms with Crippen LogP contribution in [-0.2, 0) is 9.53 Å². The monoisotopic (exact) mass is 533 g/mol. The molecule has 1 heterocycles. The number of carbonyl (C=O) groups excluding carboxylic acids is 2. The van der Waals surface area contributed by atoms with Crippen LogP contribution >= 0.6 is 0 Å². The van der Waals surface area contributed by atoms with E-state index in [1.807, 2.05) is 48.5 Å². The highest BCUT2D eigenvalue weighted by molar-refractivity contribution is 6.00. The first kappa shape index (κ1) is 26.2. The van der Waals surface area contributed by atoms with Gasteiger partial charge in [0, 0.05) is 29.1 Å². The Morgan fingerprint density at radius 1 is 0.775 bits per heavy atom. The van der Waals surface area contributed by atoms with Gasteiger partial charge in [0.05, 0.1) is 19.9 Å². The average molecular weight is 534 g/mol. The SMILES string of the molecule is COc1ccc(-c2nn(-c3ccccc3)cc2C(=O)O[C@H](C(=O)Nc2cccc(OC)c2)c2ccccc2)cc1. The van der Waals surface area contributed by atoms with Gasteiger partial charge in [-0.3, -0.25) is 4.79 Å². The van der Waals surface area contributed by atoms with E-state index in [4.69, 9.17) is 19.3 Å². The summed E-state index contributed by atoms with van der Waals surface area (Å²) in [6, 6.07) is 32.5. The van der Waals surface area contributed by atoms with Gasteiger partial charge in [-0.15, -0.1) is 0 Å². The fraction of sp³-hybridized carbons (Fsp3) is 0.0938. The van der Waals surface area contributed by atoms with Crippen LogP contribution in [0.4, 0.5) is 5.69 Å². The first-order chi connectivity index (χ1) is 19.6. The van der Waals surface area contributed by atoms with Crippen LogP contribution in [0.5, 0.6) is 11.5 Å². The van der Waals surface area contributed by atoms with Crippen molar-refractivity contribution in [3.05, 3.63) is 127 Å². The van der Waals surface area contributed by atoms with E-state index >= 15 is 0 Å². The van der Waals surface area contributed by atoms with E-state index in [1.165, 1.54) is 0 Å². The minimum Gasteiger partial charge on any atom is -0.497 e. The van der Waals surface area contributed by atoms with Crippen LogP contribution in [-0.4, -0.2) is 35.9 Å². The first-order valence-electron chi connectivity index (χ1n) is 12.6. The predicted octanol–water partition coefficient (Wildman–Crippen LogP) is 6.09. The van der Waals surface area contributed by atoms with Crippen LogP contribution in [0.25, 0.3) is 16.9 Å². The fourth-order valence-electron chi connectivity index (χ4n) is 4.18. The lowest BCUT2D eigenvalue weighted by Gasteiger charge is -2.18. The third-order valence-electron chi connectivity index (χ3n) is 6.22. The number of esters is 1. The third-order valence-corrected chi connectivity index (χ3v) is 6.22. The molecular weight excluding hydrogens is 506 g/mol. The Balaban J connectivity index is 1.50. The number of hydrogen-bond donors (Lipinski definition) is 1. The molecule has 0 aliphatic rings. The minimum absolute atomic E-state index is 0.212. The van der Waals surface area contributed by atoms with Gasteiger partial charge in [-0.2, -0.15) is 5.10 Å². The maximum atomic E-state index is 13.7. The van der Waals surface area contributed by atoms with Gasteiger partial charge in [0.25, 0.3) is 5.91 Å². The third kappa shape index (κ3) is 5.86. The lowest BCUT2D eigenvalue weighted by molar-refractivity contribution is -0.125. The normalized spacial score (nSPS) is 11.3. The number of carbonyl (C=O) groups is 2. The lowest BCUT2D eigenvalue weighted by atomic mass is 10.1. The van der Waals surface area contributed by atoms with Gasteiger partial charge in [0.1, 0.15) is 22.8 Å². The van der Waals surface area contributed by atoms with Gasteiger partial charge in [0.15, 0.2) is 0 Å². The van der Waals surface area contributed by atoms with Crippen molar-refractivity contribution in [2.24, 2.45) is 0 Å². The highest BCUT2D eigenvalue weighted by atomic mass is 16.5. The quantitative estimate of drug-likeness (QED) is 0.231. The first-order valence-corrected chi connectivity index (χ1v) is 12.6. The summed E-state index contributed by atoms with van der Waals surface area (Å²) in [5.74, 6) is 0.0640. The van der Waals surface area contributed by atoms with Gasteiger partial charge in [-0.1, -0.05) is 54.6 Å². The molecule has 0 spiro atoms. The Morgan fingerprint density at radius 2 is 1.45 bits per heavy atom. The maximum absolute atomic E-state index is 13.7. The molecule has 0 bridgehead atoms. The van der Waals surface area contributed by atoms with Crippen molar-refractivity contribution in [1.29, 1.82) is 0 Å². The number of hydrogen-bond acceptors (Lipinski definition) is 6. The van der Waals surface area contributed by atoms with E-state index in [9.17, 15) is 9.59 Å². The van der Waals surface area contributed by atoms with Crippen molar-refractivity contribution < 1.29 is 23.8 Å². The standard InChI is InChI=1S/C32H27N3O5/c1-38-26-18-16-22(17-19-26)29-28(21-35(34-29)25-13-7-4-8-14-25)32(37)40-30(23-10-5-3-6-11-23)31(36)33-24-12-9-15-27(20-24)39-2/h3-21,30H,1-2H3,(H,33,36)/t30-/m0/s1. The van der Waals surface area contributed by atoms with Gasteiger partial charge in [-0.25, -0.2) is 9.48 Å². The molecule has 0 saturated heterocycles. The molecule has 8 heteroatoms. The summed E-state index contributed by atoms with van der Waals surface area (Å²) in [5.41, 5.74) is 3.13. The molecule has 1 amide bonds. The molecular formula is C32H27N3O5. The van der Waals surface area contributed by atoms with Crippen molar-refractivity contribution in [1.82, 2.24) is 9.78 Å². The molecule has 0 radical (unpaired) electrons. The highest BCUT2D eigenvalue weighted by Gasteiger charge is 2.29. The van der Waals surface area contributed by atoms with E-state index in [0.29, 0.717) is 34.0 Å². The topological polar surface area (TPSA) is 91.7 Å². The second-order valence-corrected chi connectivity index (χ2v) is 8.82. The van der Waals surface area contributed by atoms with Crippen LogP contribution in [0.3, 0.4) is 0 Å². The van der Waals surface area contributed by atoms with Crippen molar-refractivity contribution in [3.8, 4) is 28.4 Å². The molecule has 4 aromatic carbocycles. The highest BCUT2D eigenvalue weighted by Crippen LogP contribution is 2.29. The molecule has 0 aliphatic heterocycles. The zero-order valence-corrected chi connectivity index (χ0v) is 22.0. The number of ether oxygens (including phenoxy) is 3. The fourth-order valence-corrected chi connectivity index (χ4v) is 4.18. The number of anilines is 1. The second-order valence-electron chi connectivity index (χ2n) is 8.82. The molecule has 5 rings (SSSR count). The van der Waals surface area contributed by atoms with Crippen LogP contribution in [0, 0.1) is 0 Å². The number of methoxy groups -OCH3 is 2. The number of para-hydroxylation sites is 1. The summed E-state index contributed by atoms with van der Waals surface area (Å²) in [4.78, 5) is 27.2. The van der Waals surface area contributed by atoms with Crippen molar-refractivity contribution in [2.75, 3.05) is 19.5 Å². The molecule has 8 nitrogen and oxygen atoms in total. The summed E-state index contributed by atoms with van der Waals surface area (Å²) in [6.45, 7) is 0. The van der Waals surface area contributed by atoms with Crippen molar-refractivity contribution in [3.63, 3.8) is 0 Å². The minimum atomic E-state index is -1.22. The van der Waals surface area contributed by atoms with Crippen molar-refractivity contribution in [2.45, 2.75) is 6.10 Å². The average Bonchev–Trinajstić information content (AvgIpc) is 3.46. The molecule has 1 N–H and O–H groups in total. The number of nitrogens with one attached hydrogen (secondary N) is 1. The Hall–Kier alpha value is -5.37. The summed E-state index contributed by atoms with van der Waals surface area (Å²) >= 11 is 0. The Bertz CT molecular complexity index is 1600. The summed E-state index contributed by atoms with van der Waals surface area (Å²) in [5, 5.41) is 7.53. The molecule has 0 aliphatic carbocycles. The number of aromatic nitrogens is 2. The van der Waals surface area contributed by atoms with Gasteiger partial charge in [-0.05, 0) is 48.5 Å². The van der Waals surface area contributed by atoms with E-state index in [0.717, 1.165) is 5.69 Å². The molecule has 200 valence electrons. The molecule has 1 aromatic heterocycles. The molecule has 0 fully saturated rings. The van der Waals surface area contributed by atoms with E-state index in [1.54, 1.807) is 85.8 Å². The number of amides is 1. The van der Waals surface area contributed by atoms with Crippen LogP contribution in [0.2, 0.25) is 0 Å². The Kier molecular flexibility index (Phi) is 7.87. The molecule has 0 saturated carbocycles. The summed E-state index contributed by atoms with van der Waals surface area (Å²) in [7, 11) is 3.13. The molecule has 5 aromatic rings. The smallest absolute Gasteiger partial charge is 0.343 e. The predicted molar refractivity (Wildman–Crippen MR) is 152 cm³/mol. The van der Waals surface area contributed by atoms with Crippen LogP contribution in [0.1, 0.15) is 22.0 Å². The zero-order chi connectivity index (χ0) is 27.9. The molecule has 0 unspecified atom stereocenters. The molecule has 1 atom stereocenters. The van der Waals surface area contributed by atoms with E-state index in [2.05, 4.69) is 5.32 Å². The lowest BCUT2D eigenvalue weighted by Crippen LogP contribution is -2.26. The van der Waals surface area contributed by atoms with Gasteiger partial charge in [0.2, 0.25) is 6.10 Å².